The zero-order valence-corrected chi connectivity index (χ0v) is 16.3. The molecule has 3 rings (SSSR count). The summed E-state index contributed by atoms with van der Waals surface area (Å²) in [5, 5.41) is 11.4. The van der Waals surface area contributed by atoms with Gasteiger partial charge in [-0.15, -0.1) is 10.2 Å². The van der Waals surface area contributed by atoms with Crippen LogP contribution in [-0.4, -0.2) is 43.9 Å². The van der Waals surface area contributed by atoms with Gasteiger partial charge < -0.3 is 9.88 Å². The first-order valence-electron chi connectivity index (χ1n) is 9.20. The molecule has 0 aliphatic carbocycles. The van der Waals surface area contributed by atoms with Crippen molar-refractivity contribution in [3.63, 3.8) is 0 Å². The molecule has 140 valence electrons. The minimum atomic E-state index is -0.212. The lowest BCUT2D eigenvalue weighted by Gasteiger charge is -2.26. The van der Waals surface area contributed by atoms with Gasteiger partial charge in [-0.2, -0.15) is 0 Å². The van der Waals surface area contributed by atoms with Crippen molar-refractivity contribution in [1.29, 1.82) is 0 Å². The molecule has 6 nitrogen and oxygen atoms in total. The lowest BCUT2D eigenvalue weighted by Crippen LogP contribution is -2.30. The Morgan fingerprint density at radius 3 is 2.54 bits per heavy atom. The molecule has 1 atom stereocenters. The summed E-state index contributed by atoms with van der Waals surface area (Å²) in [6, 6.07) is 8.57. The molecule has 7 heteroatoms. The van der Waals surface area contributed by atoms with Crippen LogP contribution in [0.15, 0.2) is 35.7 Å². The second kappa shape index (κ2) is 9.19. The highest BCUT2D eigenvalue weighted by atomic mass is 32.2. The van der Waals surface area contributed by atoms with E-state index in [1.807, 2.05) is 18.5 Å². The highest BCUT2D eigenvalue weighted by molar-refractivity contribution is 8.00. The lowest BCUT2D eigenvalue weighted by molar-refractivity contribution is -0.120. The Bertz CT molecular complexity index is 709. The zero-order chi connectivity index (χ0) is 18.4. The van der Waals surface area contributed by atoms with E-state index in [1.165, 1.54) is 49.7 Å². The van der Waals surface area contributed by atoms with Crippen molar-refractivity contribution in [3.8, 4) is 0 Å². The van der Waals surface area contributed by atoms with E-state index in [2.05, 4.69) is 44.7 Å². The van der Waals surface area contributed by atoms with E-state index in [-0.39, 0.29) is 11.2 Å². The van der Waals surface area contributed by atoms with Crippen LogP contribution in [0.3, 0.4) is 0 Å². The third kappa shape index (κ3) is 5.32. The summed E-state index contributed by atoms with van der Waals surface area (Å²) in [5.41, 5.74) is 2.46. The molecule has 0 spiro atoms. The first-order chi connectivity index (χ1) is 12.6. The molecule has 1 aliphatic heterocycles. The fourth-order valence-electron chi connectivity index (χ4n) is 3.06. The average Bonchev–Trinajstić information content (AvgIpc) is 3.06. The Hall–Kier alpha value is -1.86. The topological polar surface area (TPSA) is 63.1 Å². The number of piperidine rings is 1. The fraction of sp³-hybridized carbons (Fsp3) is 0.526. The summed E-state index contributed by atoms with van der Waals surface area (Å²) in [5.74, 6) is 0.00962. The maximum absolute atomic E-state index is 12.3. The minimum Gasteiger partial charge on any atom is -0.351 e. The van der Waals surface area contributed by atoms with Crippen molar-refractivity contribution < 1.29 is 4.79 Å². The highest BCUT2D eigenvalue weighted by Gasteiger charge is 2.16. The lowest BCUT2D eigenvalue weighted by atomic mass is 10.1. The predicted molar refractivity (Wildman–Crippen MR) is 104 cm³/mol. The van der Waals surface area contributed by atoms with Crippen LogP contribution in [0.2, 0.25) is 0 Å². The van der Waals surface area contributed by atoms with Gasteiger partial charge in [-0.25, -0.2) is 0 Å². The second-order valence-electron chi connectivity index (χ2n) is 6.86. The molecular weight excluding hydrogens is 346 g/mol. The van der Waals surface area contributed by atoms with Crippen molar-refractivity contribution >= 4 is 17.7 Å². The number of nitrogens with one attached hydrogen (secondary N) is 1. The standard InChI is InChI=1S/C19H27N5OS/c1-15(26-19-22-21-14-23(19)2)18(25)20-12-16-6-8-17(9-7-16)13-24-10-4-3-5-11-24/h6-9,14-15H,3-5,10-13H2,1-2H3,(H,20,25)/t15-/m1/s1. The van der Waals surface area contributed by atoms with Crippen LogP contribution in [0.4, 0.5) is 0 Å². The number of benzene rings is 1. The first kappa shape index (κ1) is 18.9. The quantitative estimate of drug-likeness (QED) is 0.756. The van der Waals surface area contributed by atoms with E-state index < -0.39 is 0 Å². The number of aryl methyl sites for hydroxylation is 1. The van der Waals surface area contributed by atoms with Gasteiger partial charge >= 0.3 is 0 Å². The molecule has 0 bridgehead atoms. The summed E-state index contributed by atoms with van der Waals surface area (Å²) >= 11 is 1.41. The van der Waals surface area contributed by atoms with Gasteiger partial charge in [0.05, 0.1) is 5.25 Å². The number of rotatable bonds is 7. The number of carbonyl (C=O) groups excluding carboxylic acids is 1. The molecule has 1 aromatic carbocycles. The van der Waals surface area contributed by atoms with Crippen LogP contribution < -0.4 is 5.32 Å². The number of hydrogen-bond donors (Lipinski definition) is 1. The summed E-state index contributed by atoms with van der Waals surface area (Å²) in [6.07, 6.45) is 5.63. The molecule has 0 unspecified atom stereocenters. The molecular formula is C19H27N5OS. The van der Waals surface area contributed by atoms with Crippen LogP contribution in [0, 0.1) is 0 Å². The van der Waals surface area contributed by atoms with Crippen molar-refractivity contribution in [2.45, 2.75) is 49.7 Å². The number of nitrogens with zero attached hydrogens (tertiary/aromatic N) is 4. The third-order valence-corrected chi connectivity index (χ3v) is 5.81. The molecule has 1 N–H and O–H groups in total. The maximum atomic E-state index is 12.3. The largest absolute Gasteiger partial charge is 0.351 e. The van der Waals surface area contributed by atoms with Gasteiger partial charge in [-0.1, -0.05) is 42.4 Å². The highest BCUT2D eigenvalue weighted by Crippen LogP contribution is 2.20. The van der Waals surface area contributed by atoms with Gasteiger partial charge in [0.1, 0.15) is 6.33 Å². The normalized spacial score (nSPS) is 16.4. The van der Waals surface area contributed by atoms with Crippen LogP contribution in [0.5, 0.6) is 0 Å². The SMILES string of the molecule is C[C@@H](Sc1nncn1C)C(=O)NCc1ccc(CN2CCCCC2)cc1. The number of amides is 1. The molecule has 1 fully saturated rings. The summed E-state index contributed by atoms with van der Waals surface area (Å²) < 4.78 is 1.81. The van der Waals surface area contributed by atoms with E-state index in [1.54, 1.807) is 6.33 Å². The van der Waals surface area contributed by atoms with E-state index in [0.717, 1.165) is 17.3 Å². The minimum absolute atomic E-state index is 0.00962. The van der Waals surface area contributed by atoms with Crippen molar-refractivity contribution in [2.24, 2.45) is 7.05 Å². The summed E-state index contributed by atoms with van der Waals surface area (Å²) in [7, 11) is 1.87. The Morgan fingerprint density at radius 2 is 1.88 bits per heavy atom. The van der Waals surface area contributed by atoms with Crippen molar-refractivity contribution in [1.82, 2.24) is 25.0 Å². The number of hydrogen-bond acceptors (Lipinski definition) is 5. The zero-order valence-electron chi connectivity index (χ0n) is 15.5. The van der Waals surface area contributed by atoms with Crippen LogP contribution in [0.1, 0.15) is 37.3 Å². The van der Waals surface area contributed by atoms with Crippen LogP contribution >= 0.6 is 11.8 Å². The molecule has 2 heterocycles. The second-order valence-corrected chi connectivity index (χ2v) is 8.16. The fourth-order valence-corrected chi connectivity index (χ4v) is 3.88. The number of likely N-dealkylation sites (tertiary alicyclic amines) is 1. The van der Waals surface area contributed by atoms with E-state index in [0.29, 0.717) is 6.54 Å². The summed E-state index contributed by atoms with van der Waals surface area (Å²) in [4.78, 5) is 14.8. The van der Waals surface area contributed by atoms with Crippen LogP contribution in [0.25, 0.3) is 0 Å². The van der Waals surface area contributed by atoms with E-state index in [4.69, 9.17) is 0 Å². The van der Waals surface area contributed by atoms with Gasteiger partial charge in [0, 0.05) is 20.1 Å². The average molecular weight is 374 g/mol. The Balaban J connectivity index is 1.45. The maximum Gasteiger partial charge on any atom is 0.233 e. The van der Waals surface area contributed by atoms with Gasteiger partial charge in [0.2, 0.25) is 5.91 Å². The number of carbonyl (C=O) groups is 1. The van der Waals surface area contributed by atoms with E-state index in [9.17, 15) is 4.79 Å². The van der Waals surface area contributed by atoms with E-state index >= 15 is 0 Å². The molecule has 1 amide bonds. The van der Waals surface area contributed by atoms with Gasteiger partial charge in [0.15, 0.2) is 5.16 Å². The Kier molecular flexibility index (Phi) is 6.68. The summed E-state index contributed by atoms with van der Waals surface area (Å²) in [6.45, 7) is 5.87. The molecule has 26 heavy (non-hydrogen) atoms. The third-order valence-electron chi connectivity index (χ3n) is 4.67. The van der Waals surface area contributed by atoms with Gasteiger partial charge in [-0.05, 0) is 44.0 Å². The molecule has 1 aromatic heterocycles. The first-order valence-corrected chi connectivity index (χ1v) is 10.1. The molecule has 2 aromatic rings. The van der Waals surface area contributed by atoms with Gasteiger partial charge in [0.25, 0.3) is 0 Å². The molecule has 1 saturated heterocycles. The Morgan fingerprint density at radius 1 is 1.19 bits per heavy atom. The van der Waals surface area contributed by atoms with Crippen molar-refractivity contribution in [2.75, 3.05) is 13.1 Å². The van der Waals surface area contributed by atoms with Crippen LogP contribution in [-0.2, 0) is 24.9 Å². The molecule has 0 radical (unpaired) electrons. The van der Waals surface area contributed by atoms with Gasteiger partial charge in [-0.3, -0.25) is 9.69 Å². The molecule has 0 saturated carbocycles. The smallest absolute Gasteiger partial charge is 0.233 e. The monoisotopic (exact) mass is 373 g/mol. The number of aromatic nitrogens is 3. The number of thioether (sulfide) groups is 1. The molecule has 1 aliphatic rings. The predicted octanol–water partition coefficient (Wildman–Crippen LogP) is 2.60. The Labute approximate surface area is 159 Å². The van der Waals surface area contributed by atoms with Crippen molar-refractivity contribution in [3.05, 3.63) is 41.7 Å².